The van der Waals surface area contributed by atoms with E-state index in [-0.39, 0.29) is 33.8 Å². The van der Waals surface area contributed by atoms with Gasteiger partial charge in [-0.15, -0.1) is 0 Å². The number of aromatic hydroxyl groups is 3. The van der Waals surface area contributed by atoms with Crippen LogP contribution in [-0.4, -0.2) is 20.9 Å². The van der Waals surface area contributed by atoms with Crippen LogP contribution in [-0.2, 0) is 6.42 Å². The Kier molecular flexibility index (Phi) is 6.58. The molecule has 6 heteroatoms. The van der Waals surface area contributed by atoms with Crippen molar-refractivity contribution in [3.63, 3.8) is 0 Å². The first-order valence-electron chi connectivity index (χ1n) is 11.0. The molecule has 0 unspecified atom stereocenters. The first-order valence-corrected chi connectivity index (χ1v) is 11.0. The van der Waals surface area contributed by atoms with Crippen LogP contribution in [0.5, 0.6) is 23.0 Å². The number of ether oxygens (including phenoxy) is 1. The van der Waals surface area contributed by atoms with Gasteiger partial charge in [-0.3, -0.25) is 4.79 Å². The maximum Gasteiger partial charge on any atom is 0.204 e. The second-order valence-electron chi connectivity index (χ2n) is 8.48. The fraction of sp³-hybridized carbons (Fsp3) is 0.296. The van der Waals surface area contributed by atoms with Crippen molar-refractivity contribution in [2.45, 2.75) is 53.6 Å². The fourth-order valence-corrected chi connectivity index (χ4v) is 3.64. The molecule has 174 valence electrons. The highest BCUT2D eigenvalue weighted by molar-refractivity contribution is 5.97. The van der Waals surface area contributed by atoms with Crippen LogP contribution in [0.25, 0.3) is 28.2 Å². The topological polar surface area (TPSA) is 100 Å². The van der Waals surface area contributed by atoms with Gasteiger partial charge in [0.1, 0.15) is 28.7 Å². The lowest BCUT2D eigenvalue weighted by Gasteiger charge is -2.30. The van der Waals surface area contributed by atoms with Gasteiger partial charge in [0.15, 0.2) is 17.1 Å². The van der Waals surface area contributed by atoms with Gasteiger partial charge in [-0.25, -0.2) is 0 Å². The Labute approximate surface area is 193 Å². The third-order valence-electron chi connectivity index (χ3n) is 5.30. The maximum atomic E-state index is 13.4. The van der Waals surface area contributed by atoms with E-state index < -0.39 is 11.0 Å². The number of fused-ring (bicyclic) bond motifs is 3. The molecule has 2 aromatic carbocycles. The van der Waals surface area contributed by atoms with Crippen LogP contribution in [0, 0.1) is 0 Å². The zero-order valence-electron chi connectivity index (χ0n) is 19.8. The number of hydrogen-bond acceptors (Lipinski definition) is 6. The van der Waals surface area contributed by atoms with E-state index in [4.69, 9.17) is 9.15 Å². The Hall–Kier alpha value is -3.67. The van der Waals surface area contributed by atoms with Gasteiger partial charge < -0.3 is 24.5 Å². The van der Waals surface area contributed by atoms with Crippen molar-refractivity contribution in [1.29, 1.82) is 0 Å². The summed E-state index contributed by atoms with van der Waals surface area (Å²) in [4.78, 5) is 13.4. The second kappa shape index (κ2) is 9.06. The molecule has 3 aromatic rings. The average Bonchev–Trinajstić information content (AvgIpc) is 2.76. The standard InChI is InChI=1S/C25H24O6.C2H6/c1-13(2)5-7-15-21(28)20-22(29)17(14-6-8-18(26)19(27)11-14)12-30-24(20)16-9-10-25(3,4)31-23(15)16;1-2/h5-6,8-12,26-28H,7H2,1-4H3;1-2H3. The highest BCUT2D eigenvalue weighted by atomic mass is 16.5. The van der Waals surface area contributed by atoms with Gasteiger partial charge in [0.05, 0.1) is 11.1 Å². The molecule has 0 spiro atoms. The molecule has 3 N–H and O–H groups in total. The number of rotatable bonds is 3. The molecule has 1 aliphatic heterocycles. The Morgan fingerprint density at radius 3 is 2.42 bits per heavy atom. The van der Waals surface area contributed by atoms with E-state index in [1.54, 1.807) is 0 Å². The van der Waals surface area contributed by atoms with Gasteiger partial charge in [0.2, 0.25) is 5.43 Å². The highest BCUT2D eigenvalue weighted by Gasteiger charge is 2.30. The molecule has 4 rings (SSSR count). The van der Waals surface area contributed by atoms with Crippen molar-refractivity contribution in [3.8, 4) is 34.1 Å². The fourth-order valence-electron chi connectivity index (χ4n) is 3.64. The predicted octanol–water partition coefficient (Wildman–Crippen LogP) is 6.30. The van der Waals surface area contributed by atoms with Gasteiger partial charge >= 0.3 is 0 Å². The van der Waals surface area contributed by atoms with Crippen LogP contribution in [0.2, 0.25) is 0 Å². The molecule has 0 amide bonds. The maximum absolute atomic E-state index is 13.4. The van der Waals surface area contributed by atoms with Gasteiger partial charge in [0, 0.05) is 5.56 Å². The molecular formula is C27H30O6. The van der Waals surface area contributed by atoms with Crippen molar-refractivity contribution < 1.29 is 24.5 Å². The van der Waals surface area contributed by atoms with Gasteiger partial charge in [-0.2, -0.15) is 0 Å². The number of allylic oxidation sites excluding steroid dienone is 2. The van der Waals surface area contributed by atoms with Gasteiger partial charge in [0.25, 0.3) is 0 Å². The number of phenols is 3. The number of phenolic OH excluding ortho intramolecular Hbond substituents is 3. The van der Waals surface area contributed by atoms with Crippen molar-refractivity contribution in [3.05, 3.63) is 63.5 Å². The van der Waals surface area contributed by atoms with Crippen LogP contribution in [0.4, 0.5) is 0 Å². The largest absolute Gasteiger partial charge is 0.507 e. The minimum absolute atomic E-state index is 0.0499. The monoisotopic (exact) mass is 450 g/mol. The predicted molar refractivity (Wildman–Crippen MR) is 131 cm³/mol. The first-order chi connectivity index (χ1) is 15.6. The SMILES string of the molecule is CC.CC(C)=CCc1c2c(c3occ(-c4ccc(O)c(O)c4)c(=O)c3c1O)C=CC(C)(C)O2. The van der Waals surface area contributed by atoms with Crippen LogP contribution < -0.4 is 10.2 Å². The minimum Gasteiger partial charge on any atom is -0.507 e. The Morgan fingerprint density at radius 2 is 1.79 bits per heavy atom. The molecule has 2 heterocycles. The molecule has 0 bridgehead atoms. The number of benzene rings is 2. The summed E-state index contributed by atoms with van der Waals surface area (Å²) >= 11 is 0. The van der Waals surface area contributed by atoms with E-state index in [1.807, 2.05) is 59.8 Å². The zero-order chi connectivity index (χ0) is 24.5. The molecule has 0 radical (unpaired) electrons. The van der Waals surface area contributed by atoms with E-state index in [9.17, 15) is 20.1 Å². The number of hydrogen-bond donors (Lipinski definition) is 3. The van der Waals surface area contributed by atoms with E-state index in [0.717, 1.165) is 5.57 Å². The van der Waals surface area contributed by atoms with Crippen LogP contribution >= 0.6 is 0 Å². The summed E-state index contributed by atoms with van der Waals surface area (Å²) in [5.74, 6) is -0.335. The lowest BCUT2D eigenvalue weighted by Crippen LogP contribution is -2.28. The van der Waals surface area contributed by atoms with Crippen molar-refractivity contribution in [2.75, 3.05) is 0 Å². The molecule has 1 aromatic heterocycles. The molecule has 0 aliphatic carbocycles. The molecule has 1 aliphatic rings. The first kappa shape index (κ1) is 24.0. The zero-order valence-corrected chi connectivity index (χ0v) is 19.8. The van der Waals surface area contributed by atoms with Crippen LogP contribution in [0.3, 0.4) is 0 Å². The quantitative estimate of drug-likeness (QED) is 0.320. The summed E-state index contributed by atoms with van der Waals surface area (Å²) in [6, 6.07) is 4.07. The summed E-state index contributed by atoms with van der Waals surface area (Å²) < 4.78 is 12.0. The summed E-state index contributed by atoms with van der Waals surface area (Å²) in [5.41, 5.74) is 1.92. The van der Waals surface area contributed by atoms with E-state index >= 15 is 0 Å². The summed E-state index contributed by atoms with van der Waals surface area (Å²) in [5, 5.41) is 30.6. The van der Waals surface area contributed by atoms with Crippen molar-refractivity contribution >= 4 is 17.0 Å². The van der Waals surface area contributed by atoms with E-state index in [2.05, 4.69) is 0 Å². The molecule has 0 saturated carbocycles. The molecule has 0 atom stereocenters. The lowest BCUT2D eigenvalue weighted by molar-refractivity contribution is 0.157. The minimum atomic E-state index is -0.573. The molecule has 0 saturated heterocycles. The third kappa shape index (κ3) is 4.46. The summed E-state index contributed by atoms with van der Waals surface area (Å²) in [6.45, 7) is 11.7. The summed E-state index contributed by atoms with van der Waals surface area (Å²) in [7, 11) is 0. The third-order valence-corrected chi connectivity index (χ3v) is 5.30. The Balaban J connectivity index is 0.00000149. The van der Waals surface area contributed by atoms with E-state index in [1.165, 1.54) is 24.5 Å². The Morgan fingerprint density at radius 1 is 1.09 bits per heavy atom. The van der Waals surface area contributed by atoms with Crippen molar-refractivity contribution in [1.82, 2.24) is 0 Å². The molecule has 0 fully saturated rings. The highest BCUT2D eigenvalue weighted by Crippen LogP contribution is 2.45. The van der Waals surface area contributed by atoms with Gasteiger partial charge in [-0.05, 0) is 64.0 Å². The van der Waals surface area contributed by atoms with Crippen molar-refractivity contribution in [2.24, 2.45) is 0 Å². The van der Waals surface area contributed by atoms with E-state index in [0.29, 0.717) is 28.9 Å². The second-order valence-corrected chi connectivity index (χ2v) is 8.48. The van der Waals surface area contributed by atoms with Crippen LogP contribution in [0.1, 0.15) is 52.7 Å². The molecule has 6 nitrogen and oxygen atoms in total. The normalized spacial score (nSPS) is 13.5. The smallest absolute Gasteiger partial charge is 0.204 e. The average molecular weight is 451 g/mol. The molecule has 33 heavy (non-hydrogen) atoms. The summed E-state index contributed by atoms with van der Waals surface area (Å²) in [6.07, 6.45) is 7.36. The van der Waals surface area contributed by atoms with Gasteiger partial charge in [-0.1, -0.05) is 31.6 Å². The molecular weight excluding hydrogens is 420 g/mol. The Bertz CT molecular complexity index is 1320. The lowest BCUT2D eigenvalue weighted by atomic mass is 9.93. The van der Waals surface area contributed by atoms with Crippen LogP contribution in [0.15, 0.2) is 51.4 Å².